The van der Waals surface area contributed by atoms with Crippen LogP contribution in [0, 0.1) is 20.8 Å². The van der Waals surface area contributed by atoms with E-state index in [1.807, 2.05) is 26.8 Å². The van der Waals surface area contributed by atoms with E-state index in [1.165, 1.54) is 12.4 Å². The lowest BCUT2D eigenvalue weighted by Crippen LogP contribution is -2.17. The van der Waals surface area contributed by atoms with Crippen LogP contribution in [0.5, 0.6) is 0 Å². The van der Waals surface area contributed by atoms with E-state index in [2.05, 4.69) is 9.97 Å². The van der Waals surface area contributed by atoms with Gasteiger partial charge >= 0.3 is 5.97 Å². The Kier molecular flexibility index (Phi) is 4.50. The summed E-state index contributed by atoms with van der Waals surface area (Å²) in [5, 5.41) is 0. The van der Waals surface area contributed by atoms with Gasteiger partial charge in [-0.2, -0.15) is 0 Å². The van der Waals surface area contributed by atoms with Gasteiger partial charge in [0.1, 0.15) is 0 Å². The van der Waals surface area contributed by atoms with Crippen molar-refractivity contribution in [1.29, 1.82) is 0 Å². The monoisotopic (exact) mass is 299 g/mol. The number of rotatable bonds is 4. The number of benzene rings is 1. The summed E-state index contributed by atoms with van der Waals surface area (Å²) in [4.78, 5) is 31.6. The fraction of sp³-hybridized carbons (Fsp3) is 0.250. The van der Waals surface area contributed by atoms with Gasteiger partial charge in [0.05, 0.1) is 0 Å². The summed E-state index contributed by atoms with van der Waals surface area (Å²) in [5.41, 5.74) is 8.97. The molecule has 2 N–H and O–H groups in total. The molecule has 1 heterocycles. The molecule has 0 amide bonds. The van der Waals surface area contributed by atoms with Gasteiger partial charge in [-0.1, -0.05) is 6.07 Å². The molecule has 114 valence electrons. The molecule has 0 aliphatic rings. The van der Waals surface area contributed by atoms with Crippen molar-refractivity contribution < 1.29 is 14.3 Å². The van der Waals surface area contributed by atoms with Crippen LogP contribution in [0.15, 0.2) is 24.5 Å². The highest BCUT2D eigenvalue weighted by Gasteiger charge is 2.17. The number of nitrogen functional groups attached to an aromatic ring is 1. The lowest BCUT2D eigenvalue weighted by atomic mass is 9.98. The number of nitrogens with two attached hydrogens (primary N) is 1. The summed E-state index contributed by atoms with van der Waals surface area (Å²) < 4.78 is 4.98. The zero-order valence-electron chi connectivity index (χ0n) is 12.7. The Labute approximate surface area is 128 Å². The Bertz CT molecular complexity index is 741. The van der Waals surface area contributed by atoms with E-state index in [0.717, 1.165) is 16.7 Å². The van der Waals surface area contributed by atoms with Crippen LogP contribution in [0.2, 0.25) is 0 Å². The minimum Gasteiger partial charge on any atom is -0.452 e. The largest absolute Gasteiger partial charge is 0.452 e. The molecule has 1 aromatic carbocycles. The number of anilines is 1. The van der Waals surface area contributed by atoms with Gasteiger partial charge in [-0.05, 0) is 43.5 Å². The van der Waals surface area contributed by atoms with Gasteiger partial charge in [-0.25, -0.2) is 14.8 Å². The predicted octanol–water partition coefficient (Wildman–Crippen LogP) is 2.02. The van der Waals surface area contributed by atoms with Gasteiger partial charge in [-0.3, -0.25) is 4.79 Å². The summed E-state index contributed by atoms with van der Waals surface area (Å²) >= 11 is 0. The van der Waals surface area contributed by atoms with Gasteiger partial charge < -0.3 is 10.5 Å². The summed E-state index contributed by atoms with van der Waals surface area (Å²) in [6, 6.07) is 3.74. The van der Waals surface area contributed by atoms with E-state index in [9.17, 15) is 9.59 Å². The number of ketones is 1. The average Bonchev–Trinajstić information content (AvgIpc) is 2.48. The lowest BCUT2D eigenvalue weighted by molar-refractivity contribution is 0.0469. The number of carbonyl (C=O) groups is 2. The average molecular weight is 299 g/mol. The van der Waals surface area contributed by atoms with Crippen molar-refractivity contribution in [1.82, 2.24) is 9.97 Å². The standard InChI is InChI=1S/C16H17N3O3/c1-9-6-11(3)12(7-10(9)2)13(20)8-22-16(21)14-15(17)19-5-4-18-14/h4-7H,8H2,1-3H3,(H2,17,19). The molecule has 2 rings (SSSR count). The molecule has 0 fully saturated rings. The third-order valence-electron chi connectivity index (χ3n) is 3.40. The maximum Gasteiger partial charge on any atom is 0.361 e. The summed E-state index contributed by atoms with van der Waals surface area (Å²) in [5.74, 6) is -1.06. The molecule has 0 saturated carbocycles. The van der Waals surface area contributed by atoms with Crippen molar-refractivity contribution in [3.63, 3.8) is 0 Å². The minimum absolute atomic E-state index is 0.0256. The summed E-state index contributed by atoms with van der Waals surface area (Å²) in [6.07, 6.45) is 2.71. The number of carbonyl (C=O) groups excluding carboxylic acids is 2. The number of ether oxygens (including phenoxy) is 1. The van der Waals surface area contributed by atoms with Crippen molar-refractivity contribution in [2.45, 2.75) is 20.8 Å². The second kappa shape index (κ2) is 6.34. The molecule has 6 heteroatoms. The van der Waals surface area contributed by atoms with E-state index >= 15 is 0 Å². The molecular weight excluding hydrogens is 282 g/mol. The Morgan fingerprint density at radius 2 is 1.68 bits per heavy atom. The first-order valence-electron chi connectivity index (χ1n) is 6.74. The van der Waals surface area contributed by atoms with Crippen LogP contribution in [-0.2, 0) is 4.74 Å². The molecular formula is C16H17N3O3. The molecule has 0 unspecified atom stereocenters. The quantitative estimate of drug-likeness (QED) is 0.685. The van der Waals surface area contributed by atoms with Crippen LogP contribution < -0.4 is 5.73 Å². The number of aryl methyl sites for hydroxylation is 3. The van der Waals surface area contributed by atoms with Crippen molar-refractivity contribution in [2.24, 2.45) is 0 Å². The summed E-state index contributed by atoms with van der Waals surface area (Å²) in [7, 11) is 0. The molecule has 6 nitrogen and oxygen atoms in total. The molecule has 0 saturated heterocycles. The predicted molar refractivity (Wildman–Crippen MR) is 81.7 cm³/mol. The van der Waals surface area contributed by atoms with Crippen LogP contribution in [-0.4, -0.2) is 28.3 Å². The van der Waals surface area contributed by atoms with Crippen LogP contribution in [0.1, 0.15) is 37.5 Å². The fourth-order valence-electron chi connectivity index (χ4n) is 2.04. The Hall–Kier alpha value is -2.76. The third kappa shape index (κ3) is 3.28. The second-order valence-corrected chi connectivity index (χ2v) is 5.04. The highest BCUT2D eigenvalue weighted by molar-refractivity contribution is 6.00. The van der Waals surface area contributed by atoms with E-state index < -0.39 is 5.97 Å². The number of nitrogens with zero attached hydrogens (tertiary/aromatic N) is 2. The number of hydrogen-bond donors (Lipinski definition) is 1. The number of hydrogen-bond acceptors (Lipinski definition) is 6. The van der Waals surface area contributed by atoms with Crippen LogP contribution in [0.25, 0.3) is 0 Å². The molecule has 0 atom stereocenters. The molecule has 0 bridgehead atoms. The maximum absolute atomic E-state index is 12.2. The molecule has 2 aromatic rings. The fourth-order valence-corrected chi connectivity index (χ4v) is 2.04. The van der Waals surface area contributed by atoms with E-state index in [4.69, 9.17) is 10.5 Å². The molecule has 0 aliphatic carbocycles. The normalized spacial score (nSPS) is 10.3. The Morgan fingerprint density at radius 3 is 2.36 bits per heavy atom. The molecule has 22 heavy (non-hydrogen) atoms. The van der Waals surface area contributed by atoms with Gasteiger partial charge in [0.25, 0.3) is 0 Å². The zero-order valence-corrected chi connectivity index (χ0v) is 12.7. The SMILES string of the molecule is Cc1cc(C)c(C(=O)COC(=O)c2nccnc2N)cc1C. The molecule has 1 aromatic heterocycles. The van der Waals surface area contributed by atoms with Gasteiger partial charge in [-0.15, -0.1) is 0 Å². The first-order valence-corrected chi connectivity index (χ1v) is 6.74. The zero-order chi connectivity index (χ0) is 16.3. The minimum atomic E-state index is -0.763. The highest BCUT2D eigenvalue weighted by Crippen LogP contribution is 2.16. The van der Waals surface area contributed by atoms with Crippen molar-refractivity contribution in [3.8, 4) is 0 Å². The van der Waals surface area contributed by atoms with E-state index in [1.54, 1.807) is 6.07 Å². The molecule has 0 radical (unpaired) electrons. The summed E-state index contributed by atoms with van der Waals surface area (Å²) in [6.45, 7) is 5.39. The van der Waals surface area contributed by atoms with Crippen LogP contribution in [0.4, 0.5) is 5.82 Å². The second-order valence-electron chi connectivity index (χ2n) is 5.04. The van der Waals surface area contributed by atoms with Crippen molar-refractivity contribution in [2.75, 3.05) is 12.3 Å². The number of Topliss-reactive ketones (excluding diaryl/α,β-unsaturated/α-hetero) is 1. The van der Waals surface area contributed by atoms with Crippen LogP contribution in [0.3, 0.4) is 0 Å². The molecule has 0 spiro atoms. The smallest absolute Gasteiger partial charge is 0.361 e. The van der Waals surface area contributed by atoms with Gasteiger partial charge in [0, 0.05) is 18.0 Å². The van der Waals surface area contributed by atoms with E-state index in [-0.39, 0.29) is 23.9 Å². The van der Waals surface area contributed by atoms with Gasteiger partial charge in [0.15, 0.2) is 18.1 Å². The van der Waals surface area contributed by atoms with Crippen molar-refractivity contribution in [3.05, 3.63) is 52.5 Å². The van der Waals surface area contributed by atoms with Crippen LogP contribution >= 0.6 is 0 Å². The first-order chi connectivity index (χ1) is 10.4. The molecule has 0 aliphatic heterocycles. The number of esters is 1. The lowest BCUT2D eigenvalue weighted by Gasteiger charge is -2.09. The third-order valence-corrected chi connectivity index (χ3v) is 3.40. The Balaban J connectivity index is 2.09. The topological polar surface area (TPSA) is 95.2 Å². The van der Waals surface area contributed by atoms with E-state index in [0.29, 0.717) is 5.56 Å². The first kappa shape index (κ1) is 15.6. The Morgan fingerprint density at radius 1 is 1.05 bits per heavy atom. The highest BCUT2D eigenvalue weighted by atomic mass is 16.5. The number of aromatic nitrogens is 2. The van der Waals surface area contributed by atoms with Crippen molar-refractivity contribution >= 4 is 17.6 Å². The van der Waals surface area contributed by atoms with Gasteiger partial charge in [0.2, 0.25) is 5.78 Å². The maximum atomic E-state index is 12.2.